The molecule has 4 heterocycles. The number of alkyl halides is 3. The topological polar surface area (TPSA) is 88.8 Å². The summed E-state index contributed by atoms with van der Waals surface area (Å²) < 4.78 is 44.4. The molecule has 3 aliphatic heterocycles. The van der Waals surface area contributed by atoms with E-state index in [0.717, 1.165) is 42.9 Å². The highest BCUT2D eigenvalue weighted by molar-refractivity contribution is 5.88. The lowest BCUT2D eigenvalue weighted by atomic mass is 10.0. The molecule has 9 nitrogen and oxygen atoms in total. The van der Waals surface area contributed by atoms with E-state index in [1.807, 2.05) is 4.90 Å². The molecule has 43 heavy (non-hydrogen) atoms. The number of halogens is 3. The van der Waals surface area contributed by atoms with Crippen LogP contribution in [0.2, 0.25) is 0 Å². The molecular formula is C31H38F3N7O2. The van der Waals surface area contributed by atoms with Gasteiger partial charge in [-0.2, -0.15) is 28.4 Å². The summed E-state index contributed by atoms with van der Waals surface area (Å²) in [6, 6.07) is 8.38. The average Bonchev–Trinajstić information content (AvgIpc) is 3.39. The number of anilines is 2. The van der Waals surface area contributed by atoms with Crippen LogP contribution >= 0.6 is 0 Å². The minimum absolute atomic E-state index is 0.00679. The van der Waals surface area contributed by atoms with E-state index in [1.54, 1.807) is 0 Å². The number of aromatic nitrogens is 2. The average molecular weight is 598 g/mol. The van der Waals surface area contributed by atoms with Crippen molar-refractivity contribution < 1.29 is 22.7 Å². The van der Waals surface area contributed by atoms with Crippen LogP contribution in [-0.2, 0) is 17.8 Å². The number of hydrogen-bond donors (Lipinski definition) is 0. The summed E-state index contributed by atoms with van der Waals surface area (Å²) in [6.07, 6.45) is -1.25. The lowest BCUT2D eigenvalue weighted by molar-refractivity contribution is -0.129. The van der Waals surface area contributed by atoms with Gasteiger partial charge in [-0.25, -0.2) is 0 Å². The van der Waals surface area contributed by atoms with E-state index >= 15 is 0 Å². The normalized spacial score (nSPS) is 21.3. The summed E-state index contributed by atoms with van der Waals surface area (Å²) in [4.78, 5) is 30.4. The number of allylic oxidation sites excluding steroid dienone is 1. The first-order valence-electron chi connectivity index (χ1n) is 14.8. The van der Waals surface area contributed by atoms with Crippen LogP contribution in [0.25, 0.3) is 0 Å². The second kappa shape index (κ2) is 12.8. The van der Waals surface area contributed by atoms with Gasteiger partial charge in [0.1, 0.15) is 12.4 Å². The molecule has 0 saturated carbocycles. The van der Waals surface area contributed by atoms with Gasteiger partial charge >= 0.3 is 12.2 Å². The van der Waals surface area contributed by atoms with Crippen LogP contribution in [0.3, 0.4) is 0 Å². The molecule has 2 atom stereocenters. The molecule has 0 unspecified atom stereocenters. The third-order valence-corrected chi connectivity index (χ3v) is 8.82. The summed E-state index contributed by atoms with van der Waals surface area (Å²) in [7, 11) is 2.09. The Balaban J connectivity index is 1.43. The lowest BCUT2D eigenvalue weighted by Gasteiger charge is -2.42. The Bertz CT molecular complexity index is 1410. The van der Waals surface area contributed by atoms with Gasteiger partial charge in [-0.15, -0.1) is 0 Å². The van der Waals surface area contributed by atoms with Crippen molar-refractivity contribution in [3.05, 3.63) is 52.7 Å². The van der Waals surface area contributed by atoms with Gasteiger partial charge in [0.25, 0.3) is 0 Å². The van der Waals surface area contributed by atoms with E-state index in [9.17, 15) is 23.2 Å². The molecule has 5 rings (SSSR count). The van der Waals surface area contributed by atoms with Crippen LogP contribution in [0, 0.1) is 25.2 Å². The molecule has 230 valence electrons. The maximum absolute atomic E-state index is 12.7. The fourth-order valence-corrected chi connectivity index (χ4v) is 6.24. The Morgan fingerprint density at radius 3 is 2.67 bits per heavy atom. The monoisotopic (exact) mass is 597 g/mol. The largest absolute Gasteiger partial charge is 0.462 e. The van der Waals surface area contributed by atoms with E-state index in [4.69, 9.17) is 14.7 Å². The van der Waals surface area contributed by atoms with Crippen molar-refractivity contribution in [3.63, 3.8) is 0 Å². The second-order valence-electron chi connectivity index (χ2n) is 11.6. The number of ether oxygens (including phenoxy) is 1. The maximum atomic E-state index is 12.7. The van der Waals surface area contributed by atoms with Crippen molar-refractivity contribution >= 4 is 17.4 Å². The number of benzene rings is 1. The number of nitrogens with zero attached hydrogens (tertiary/aromatic N) is 7. The minimum Gasteiger partial charge on any atom is -0.462 e. The predicted molar refractivity (Wildman–Crippen MR) is 157 cm³/mol. The molecule has 0 aliphatic carbocycles. The minimum atomic E-state index is -4.59. The van der Waals surface area contributed by atoms with E-state index in [1.165, 1.54) is 16.0 Å². The molecule has 12 heteroatoms. The number of carbonyl (C=O) groups is 1. The summed E-state index contributed by atoms with van der Waals surface area (Å²) in [5.41, 5.74) is 5.47. The first kappa shape index (κ1) is 30.6. The zero-order valence-corrected chi connectivity index (χ0v) is 24.9. The number of nitriles is 1. The number of likely N-dealkylation sites (N-methyl/N-ethyl adjacent to an activating group) is 1. The first-order chi connectivity index (χ1) is 20.5. The first-order valence-corrected chi connectivity index (χ1v) is 14.8. The molecule has 1 aromatic carbocycles. The number of rotatable bonds is 7. The Morgan fingerprint density at radius 2 is 1.95 bits per heavy atom. The fourth-order valence-electron chi connectivity index (χ4n) is 6.24. The summed E-state index contributed by atoms with van der Waals surface area (Å²) in [5.74, 6) is -0.0444. The van der Waals surface area contributed by atoms with Gasteiger partial charge < -0.3 is 24.3 Å². The Morgan fingerprint density at radius 1 is 1.14 bits per heavy atom. The molecule has 0 radical (unpaired) electrons. The standard InChI is InChI=1S/C31H38F3N7O2/c1-21-6-4-8-27(22(21)2)39-15-11-25-26(19-39)36-30(43-20-24-7-5-14-38(24)3)37-29(25)40-16-17-41(23(18-40)10-13-35)28(42)9-12-31(32,33)34/h4,6,8-9,12,23-24H,5,7,10-11,14-20H2,1-3H3/b12-9+/t23-,24-/m0/s1. The molecular weight excluding hydrogens is 559 g/mol. The summed E-state index contributed by atoms with van der Waals surface area (Å²) in [5, 5.41) is 9.49. The van der Waals surface area contributed by atoms with Crippen LogP contribution in [0.4, 0.5) is 24.7 Å². The molecule has 2 aromatic rings. The zero-order chi connectivity index (χ0) is 30.7. The fraction of sp³-hybridized carbons (Fsp3) is 0.548. The smallest absolute Gasteiger partial charge is 0.409 e. The third kappa shape index (κ3) is 7.04. The number of amides is 1. The van der Waals surface area contributed by atoms with Crippen LogP contribution < -0.4 is 14.5 Å². The molecule has 2 saturated heterocycles. The van der Waals surface area contributed by atoms with Crippen LogP contribution in [-0.4, -0.2) is 90.3 Å². The SMILES string of the molecule is Cc1cccc(N2CCc3c(nc(OC[C@@H]4CCCN4C)nc3N3CCN(C(=O)/C=C/C(F)(F)F)[C@@H](CC#N)C3)C2)c1C. The zero-order valence-electron chi connectivity index (χ0n) is 24.9. The Kier molecular flexibility index (Phi) is 9.11. The van der Waals surface area contributed by atoms with Crippen LogP contribution in [0.15, 0.2) is 30.4 Å². The summed E-state index contributed by atoms with van der Waals surface area (Å²) in [6.45, 7) is 7.87. The highest BCUT2D eigenvalue weighted by Gasteiger charge is 2.34. The van der Waals surface area contributed by atoms with Crippen molar-refractivity contribution in [2.24, 2.45) is 0 Å². The highest BCUT2D eigenvalue weighted by Crippen LogP contribution is 2.34. The van der Waals surface area contributed by atoms with Gasteiger partial charge in [0, 0.05) is 55.6 Å². The quantitative estimate of drug-likeness (QED) is 0.440. The van der Waals surface area contributed by atoms with Crippen LogP contribution in [0.1, 0.15) is 41.6 Å². The van der Waals surface area contributed by atoms with Crippen molar-refractivity contribution in [1.82, 2.24) is 19.8 Å². The third-order valence-electron chi connectivity index (χ3n) is 8.82. The van der Waals surface area contributed by atoms with Crippen molar-refractivity contribution in [2.45, 2.75) is 64.3 Å². The van der Waals surface area contributed by atoms with Gasteiger partial charge in [-0.1, -0.05) is 12.1 Å². The van der Waals surface area contributed by atoms with Crippen molar-refractivity contribution in [2.75, 3.05) is 56.2 Å². The van der Waals surface area contributed by atoms with E-state index in [2.05, 4.69) is 55.0 Å². The number of carbonyl (C=O) groups excluding carboxylic acids is 1. The van der Waals surface area contributed by atoms with Crippen molar-refractivity contribution in [1.29, 1.82) is 5.26 Å². The van der Waals surface area contributed by atoms with Crippen LogP contribution in [0.5, 0.6) is 6.01 Å². The van der Waals surface area contributed by atoms with Gasteiger partial charge in [-0.05, 0) is 63.9 Å². The molecule has 0 bridgehead atoms. The maximum Gasteiger partial charge on any atom is 0.409 e. The van der Waals surface area contributed by atoms with E-state index < -0.39 is 18.1 Å². The lowest BCUT2D eigenvalue weighted by Crippen LogP contribution is -2.55. The molecule has 3 aliphatic rings. The number of hydrogen-bond acceptors (Lipinski definition) is 8. The van der Waals surface area contributed by atoms with Gasteiger partial charge in [0.2, 0.25) is 5.91 Å². The molecule has 1 amide bonds. The Hall–Kier alpha value is -3.85. The number of likely N-dealkylation sites (tertiary alicyclic amines) is 1. The second-order valence-corrected chi connectivity index (χ2v) is 11.6. The molecule has 2 fully saturated rings. The van der Waals surface area contributed by atoms with Gasteiger partial charge in [0.15, 0.2) is 0 Å². The predicted octanol–water partition coefficient (Wildman–Crippen LogP) is 4.18. The number of aryl methyl sites for hydroxylation is 1. The number of fused-ring (bicyclic) bond motifs is 1. The van der Waals surface area contributed by atoms with Crippen molar-refractivity contribution in [3.8, 4) is 12.1 Å². The van der Waals surface area contributed by atoms with Gasteiger partial charge in [-0.3, -0.25) is 4.79 Å². The van der Waals surface area contributed by atoms with E-state index in [0.29, 0.717) is 44.0 Å². The van der Waals surface area contributed by atoms with Gasteiger partial charge in [0.05, 0.1) is 30.8 Å². The highest BCUT2D eigenvalue weighted by atomic mass is 19.4. The molecule has 0 N–H and O–H groups in total. The molecule has 1 aromatic heterocycles. The molecule has 0 spiro atoms. The number of piperazine rings is 1. The Labute approximate surface area is 250 Å². The van der Waals surface area contributed by atoms with E-state index in [-0.39, 0.29) is 31.6 Å². The summed E-state index contributed by atoms with van der Waals surface area (Å²) >= 11 is 0.